The Morgan fingerprint density at radius 3 is 2.37 bits per heavy atom. The summed E-state index contributed by atoms with van der Waals surface area (Å²) in [6.45, 7) is 4.24. The molecule has 0 heterocycles. The highest BCUT2D eigenvalue weighted by atomic mass is 16.4. The Bertz CT molecular complexity index is 964. The Hall–Kier alpha value is -3.14. The standard InChI is InChI=1S/C23H23NO3/c1-15(2)13-21(17-7-4-3-5-8-17)24-22(25)18-12-11-16-9-6-10-19(23(26)27)20(16)14-18/h3-12,14-15,21H,13H2,1-2H3,(H,24,25)(H,26,27). The lowest BCUT2D eigenvalue weighted by atomic mass is 9.96. The molecule has 2 N–H and O–H groups in total. The zero-order valence-corrected chi connectivity index (χ0v) is 15.5. The van der Waals surface area contributed by atoms with Crippen molar-refractivity contribution in [2.45, 2.75) is 26.3 Å². The lowest BCUT2D eigenvalue weighted by Gasteiger charge is -2.21. The fourth-order valence-corrected chi connectivity index (χ4v) is 3.28. The number of nitrogens with one attached hydrogen (secondary N) is 1. The Kier molecular flexibility index (Phi) is 5.55. The summed E-state index contributed by atoms with van der Waals surface area (Å²) in [7, 11) is 0. The SMILES string of the molecule is CC(C)CC(NC(=O)c1ccc2cccc(C(=O)O)c2c1)c1ccccc1. The first-order valence-corrected chi connectivity index (χ1v) is 9.07. The Labute approximate surface area is 158 Å². The van der Waals surface area contributed by atoms with Crippen molar-refractivity contribution in [3.8, 4) is 0 Å². The lowest BCUT2D eigenvalue weighted by Crippen LogP contribution is -2.29. The fraction of sp³-hybridized carbons (Fsp3) is 0.217. The van der Waals surface area contributed by atoms with E-state index >= 15 is 0 Å². The van der Waals surface area contributed by atoms with Crippen LogP contribution in [-0.2, 0) is 0 Å². The summed E-state index contributed by atoms with van der Waals surface area (Å²) in [5.41, 5.74) is 1.72. The minimum Gasteiger partial charge on any atom is -0.478 e. The smallest absolute Gasteiger partial charge is 0.336 e. The first-order chi connectivity index (χ1) is 13.0. The first-order valence-electron chi connectivity index (χ1n) is 9.07. The Balaban J connectivity index is 1.92. The maximum absolute atomic E-state index is 12.9. The molecule has 0 aromatic heterocycles. The van der Waals surface area contributed by atoms with Crippen molar-refractivity contribution in [2.75, 3.05) is 0 Å². The molecule has 0 aliphatic rings. The van der Waals surface area contributed by atoms with Crippen LogP contribution in [0.15, 0.2) is 66.7 Å². The number of aromatic carboxylic acids is 1. The van der Waals surface area contributed by atoms with Gasteiger partial charge >= 0.3 is 5.97 Å². The van der Waals surface area contributed by atoms with Gasteiger partial charge < -0.3 is 10.4 Å². The highest BCUT2D eigenvalue weighted by Crippen LogP contribution is 2.24. The molecular weight excluding hydrogens is 338 g/mol. The molecule has 0 aliphatic carbocycles. The second kappa shape index (κ2) is 8.04. The largest absolute Gasteiger partial charge is 0.478 e. The number of benzene rings is 3. The van der Waals surface area contributed by atoms with Crippen LogP contribution in [0.5, 0.6) is 0 Å². The summed E-state index contributed by atoms with van der Waals surface area (Å²) in [5, 5.41) is 13.9. The average molecular weight is 361 g/mol. The fourth-order valence-electron chi connectivity index (χ4n) is 3.28. The molecule has 27 heavy (non-hydrogen) atoms. The third-order valence-electron chi connectivity index (χ3n) is 4.59. The minimum absolute atomic E-state index is 0.0934. The maximum Gasteiger partial charge on any atom is 0.336 e. The molecule has 1 atom stereocenters. The molecule has 0 saturated carbocycles. The lowest BCUT2D eigenvalue weighted by molar-refractivity contribution is 0.0698. The topological polar surface area (TPSA) is 66.4 Å². The van der Waals surface area contributed by atoms with Crippen molar-refractivity contribution in [3.05, 3.63) is 83.4 Å². The van der Waals surface area contributed by atoms with Gasteiger partial charge in [-0.25, -0.2) is 4.79 Å². The van der Waals surface area contributed by atoms with Crippen molar-refractivity contribution >= 4 is 22.6 Å². The van der Waals surface area contributed by atoms with E-state index in [0.717, 1.165) is 17.4 Å². The Morgan fingerprint density at radius 2 is 1.70 bits per heavy atom. The summed E-state index contributed by atoms with van der Waals surface area (Å²) in [4.78, 5) is 24.4. The number of amides is 1. The van der Waals surface area contributed by atoms with Crippen molar-refractivity contribution in [1.29, 1.82) is 0 Å². The molecule has 0 spiro atoms. The van der Waals surface area contributed by atoms with E-state index in [-0.39, 0.29) is 17.5 Å². The molecule has 3 aromatic rings. The number of carboxylic acids is 1. The average Bonchev–Trinajstić information content (AvgIpc) is 2.66. The summed E-state index contributed by atoms with van der Waals surface area (Å²) in [6, 6.07) is 20.1. The molecule has 1 unspecified atom stereocenters. The molecule has 3 rings (SSSR count). The van der Waals surface area contributed by atoms with Crippen molar-refractivity contribution < 1.29 is 14.7 Å². The molecule has 4 heteroatoms. The number of carbonyl (C=O) groups excluding carboxylic acids is 1. The van der Waals surface area contributed by atoms with Gasteiger partial charge in [0, 0.05) is 5.56 Å². The van der Waals surface area contributed by atoms with Crippen LogP contribution >= 0.6 is 0 Å². The van der Waals surface area contributed by atoms with E-state index in [1.54, 1.807) is 30.3 Å². The van der Waals surface area contributed by atoms with Crippen molar-refractivity contribution in [3.63, 3.8) is 0 Å². The summed E-state index contributed by atoms with van der Waals surface area (Å²) >= 11 is 0. The molecular formula is C23H23NO3. The number of hydrogen-bond donors (Lipinski definition) is 2. The van der Waals surface area contributed by atoms with Crippen molar-refractivity contribution in [2.24, 2.45) is 5.92 Å². The normalized spacial score (nSPS) is 12.1. The molecule has 1 amide bonds. The summed E-state index contributed by atoms with van der Waals surface area (Å²) in [5.74, 6) is -0.780. The zero-order valence-electron chi connectivity index (χ0n) is 15.5. The second-order valence-corrected chi connectivity index (χ2v) is 7.11. The molecule has 3 aromatic carbocycles. The van der Waals surface area contributed by atoms with E-state index in [2.05, 4.69) is 19.2 Å². The second-order valence-electron chi connectivity index (χ2n) is 7.11. The van der Waals surface area contributed by atoms with Crippen LogP contribution in [-0.4, -0.2) is 17.0 Å². The van der Waals surface area contributed by atoms with Gasteiger partial charge in [-0.05, 0) is 46.9 Å². The molecule has 0 fully saturated rings. The highest BCUT2D eigenvalue weighted by molar-refractivity contribution is 6.06. The molecule has 0 radical (unpaired) electrons. The van der Waals surface area contributed by atoms with Crippen LogP contribution in [0.1, 0.15) is 52.6 Å². The van der Waals surface area contributed by atoms with Gasteiger partial charge in [0.15, 0.2) is 0 Å². The molecule has 0 aliphatic heterocycles. The van der Waals surface area contributed by atoms with E-state index < -0.39 is 5.97 Å². The van der Waals surface area contributed by atoms with E-state index in [1.807, 2.05) is 36.4 Å². The number of fused-ring (bicyclic) bond motifs is 1. The predicted octanol–water partition coefficient (Wildman–Crippen LogP) is 5.06. The first kappa shape index (κ1) is 18.6. The third-order valence-corrected chi connectivity index (χ3v) is 4.59. The highest BCUT2D eigenvalue weighted by Gasteiger charge is 2.18. The number of carboxylic acid groups (broad SMARTS) is 1. The predicted molar refractivity (Wildman–Crippen MR) is 107 cm³/mol. The zero-order chi connectivity index (χ0) is 19.4. The van der Waals surface area contributed by atoms with Gasteiger partial charge in [-0.3, -0.25) is 4.79 Å². The van der Waals surface area contributed by atoms with Gasteiger partial charge in [-0.15, -0.1) is 0 Å². The number of carbonyl (C=O) groups is 2. The molecule has 0 bridgehead atoms. The van der Waals surface area contributed by atoms with Crippen LogP contribution in [0.25, 0.3) is 10.8 Å². The Morgan fingerprint density at radius 1 is 0.963 bits per heavy atom. The van der Waals surface area contributed by atoms with Crippen LogP contribution < -0.4 is 5.32 Å². The summed E-state index contributed by atoms with van der Waals surface area (Å²) in [6.07, 6.45) is 0.823. The molecule has 4 nitrogen and oxygen atoms in total. The van der Waals surface area contributed by atoms with Crippen LogP contribution in [0.4, 0.5) is 0 Å². The van der Waals surface area contributed by atoms with E-state index in [1.165, 1.54) is 0 Å². The van der Waals surface area contributed by atoms with Crippen molar-refractivity contribution in [1.82, 2.24) is 5.32 Å². The molecule has 138 valence electrons. The quantitative estimate of drug-likeness (QED) is 0.645. The van der Waals surface area contributed by atoms with Crippen LogP contribution in [0, 0.1) is 5.92 Å². The van der Waals surface area contributed by atoms with Gasteiger partial charge in [0.1, 0.15) is 0 Å². The van der Waals surface area contributed by atoms with E-state index in [0.29, 0.717) is 16.9 Å². The van der Waals surface area contributed by atoms with Gasteiger partial charge in [-0.1, -0.05) is 62.4 Å². The summed E-state index contributed by atoms with van der Waals surface area (Å²) < 4.78 is 0. The number of hydrogen-bond acceptors (Lipinski definition) is 2. The number of rotatable bonds is 6. The molecule has 0 saturated heterocycles. The van der Waals surface area contributed by atoms with Crippen LogP contribution in [0.3, 0.4) is 0 Å². The van der Waals surface area contributed by atoms with Gasteiger partial charge in [0.05, 0.1) is 11.6 Å². The van der Waals surface area contributed by atoms with E-state index in [4.69, 9.17) is 0 Å². The van der Waals surface area contributed by atoms with Gasteiger partial charge in [-0.2, -0.15) is 0 Å². The van der Waals surface area contributed by atoms with E-state index in [9.17, 15) is 14.7 Å². The monoisotopic (exact) mass is 361 g/mol. The van der Waals surface area contributed by atoms with Crippen LogP contribution in [0.2, 0.25) is 0 Å². The van der Waals surface area contributed by atoms with Gasteiger partial charge in [0.25, 0.3) is 5.91 Å². The van der Waals surface area contributed by atoms with Gasteiger partial charge in [0.2, 0.25) is 0 Å². The minimum atomic E-state index is -1.000. The maximum atomic E-state index is 12.9. The third kappa shape index (κ3) is 4.34.